The molecule has 1 aromatic heterocycles. The molecule has 158 valence electrons. The molecular weight excluding hydrogens is 419 g/mol. The number of carbonyl (C=O) groups is 1. The molecule has 0 aliphatic heterocycles. The molecule has 8 nitrogen and oxygen atoms in total. The van der Waals surface area contributed by atoms with E-state index in [-0.39, 0.29) is 17.5 Å². The van der Waals surface area contributed by atoms with Crippen LogP contribution >= 0.6 is 11.6 Å². The Kier molecular flexibility index (Phi) is 7.12. The van der Waals surface area contributed by atoms with E-state index in [9.17, 15) is 24.1 Å². The molecule has 3 aromatic rings. The summed E-state index contributed by atoms with van der Waals surface area (Å²) in [5, 5.41) is 19.9. The summed E-state index contributed by atoms with van der Waals surface area (Å²) in [5.41, 5.74) is 0.0524. The van der Waals surface area contributed by atoms with Gasteiger partial charge in [0.15, 0.2) is 0 Å². The summed E-state index contributed by atoms with van der Waals surface area (Å²) < 4.78 is 19.5. The van der Waals surface area contributed by atoms with Crippen LogP contribution in [0.4, 0.5) is 14.9 Å². The summed E-state index contributed by atoms with van der Waals surface area (Å²) in [5.74, 6) is -0.951. The molecule has 0 bridgehead atoms. The van der Waals surface area contributed by atoms with Gasteiger partial charge in [0, 0.05) is 42.6 Å². The monoisotopic (exact) mass is 436 g/mol. The Bertz CT molecular complexity index is 1180. The standard InChI is InChI=1S/C17H11ClFNO4.C3H7NO2/c1-9-12-8-11(18)5-6-15(12)24-17(21)13(9)7-10-3-2-4-14(16(10)19)20(22)23;1-4(2)3(5)6/h2-6,8H,7H2,1H3;1-2H3,(H,5,6). The Balaban J connectivity index is 0.000000469. The molecule has 0 unspecified atom stereocenters. The normalized spacial score (nSPS) is 10.3. The van der Waals surface area contributed by atoms with Gasteiger partial charge in [0.05, 0.1) is 4.92 Å². The van der Waals surface area contributed by atoms with Crippen LogP contribution in [0.1, 0.15) is 16.7 Å². The van der Waals surface area contributed by atoms with E-state index in [2.05, 4.69) is 0 Å². The number of hydrogen-bond donors (Lipinski definition) is 1. The average molecular weight is 437 g/mol. The third kappa shape index (κ3) is 5.12. The van der Waals surface area contributed by atoms with Gasteiger partial charge in [-0.15, -0.1) is 0 Å². The number of amides is 1. The van der Waals surface area contributed by atoms with Crippen molar-refractivity contribution in [2.24, 2.45) is 0 Å². The van der Waals surface area contributed by atoms with E-state index in [1.165, 1.54) is 26.2 Å². The highest BCUT2D eigenvalue weighted by atomic mass is 35.5. The van der Waals surface area contributed by atoms with Crippen molar-refractivity contribution in [3.8, 4) is 0 Å². The van der Waals surface area contributed by atoms with Gasteiger partial charge in [-0.05, 0) is 36.2 Å². The maximum atomic E-state index is 14.3. The predicted molar refractivity (Wildman–Crippen MR) is 110 cm³/mol. The van der Waals surface area contributed by atoms with Gasteiger partial charge in [0.2, 0.25) is 5.82 Å². The number of fused-ring (bicyclic) bond motifs is 1. The quantitative estimate of drug-likeness (QED) is 0.364. The molecule has 0 aliphatic carbocycles. The first-order valence-corrected chi connectivity index (χ1v) is 8.94. The minimum Gasteiger partial charge on any atom is -0.465 e. The number of carboxylic acid groups (broad SMARTS) is 1. The van der Waals surface area contributed by atoms with E-state index in [0.29, 0.717) is 21.6 Å². The van der Waals surface area contributed by atoms with Crippen molar-refractivity contribution in [2.75, 3.05) is 14.1 Å². The van der Waals surface area contributed by atoms with E-state index in [1.54, 1.807) is 25.1 Å². The van der Waals surface area contributed by atoms with Crippen molar-refractivity contribution in [1.82, 2.24) is 4.90 Å². The van der Waals surface area contributed by atoms with E-state index in [4.69, 9.17) is 21.1 Å². The first-order valence-electron chi connectivity index (χ1n) is 8.56. The predicted octanol–water partition coefficient (Wildman–Crippen LogP) is 4.62. The van der Waals surface area contributed by atoms with Crippen LogP contribution in [0.25, 0.3) is 11.0 Å². The summed E-state index contributed by atoms with van der Waals surface area (Å²) in [6.45, 7) is 1.71. The van der Waals surface area contributed by atoms with E-state index in [1.807, 2.05) is 0 Å². The van der Waals surface area contributed by atoms with Crippen LogP contribution in [-0.2, 0) is 6.42 Å². The van der Waals surface area contributed by atoms with Crippen LogP contribution in [0, 0.1) is 22.9 Å². The van der Waals surface area contributed by atoms with Gasteiger partial charge in [-0.2, -0.15) is 4.39 Å². The molecule has 0 saturated carbocycles. The van der Waals surface area contributed by atoms with E-state index in [0.717, 1.165) is 11.0 Å². The molecule has 0 spiro atoms. The second kappa shape index (κ2) is 9.36. The average Bonchev–Trinajstić information content (AvgIpc) is 2.67. The molecule has 0 atom stereocenters. The Morgan fingerprint density at radius 1 is 1.30 bits per heavy atom. The van der Waals surface area contributed by atoms with E-state index >= 15 is 0 Å². The maximum Gasteiger partial charge on any atom is 0.406 e. The number of aryl methyl sites for hydroxylation is 1. The maximum absolute atomic E-state index is 14.3. The highest BCUT2D eigenvalue weighted by Crippen LogP contribution is 2.26. The molecule has 0 radical (unpaired) electrons. The van der Waals surface area contributed by atoms with Crippen molar-refractivity contribution >= 4 is 34.4 Å². The van der Waals surface area contributed by atoms with Crippen LogP contribution in [0.15, 0.2) is 45.6 Å². The number of nitrogens with zero attached hydrogens (tertiary/aromatic N) is 2. The molecular formula is C20H18ClFN2O6. The number of nitro benzene ring substituents is 1. The molecule has 2 aromatic carbocycles. The Labute approximate surface area is 175 Å². The molecule has 10 heteroatoms. The lowest BCUT2D eigenvalue weighted by Gasteiger charge is -2.09. The highest BCUT2D eigenvalue weighted by molar-refractivity contribution is 6.31. The van der Waals surface area contributed by atoms with Gasteiger partial charge in [0.25, 0.3) is 0 Å². The number of nitro groups is 1. The van der Waals surface area contributed by atoms with Gasteiger partial charge in [0.1, 0.15) is 5.58 Å². The molecule has 1 amide bonds. The lowest BCUT2D eigenvalue weighted by atomic mass is 9.99. The van der Waals surface area contributed by atoms with Crippen molar-refractivity contribution in [2.45, 2.75) is 13.3 Å². The van der Waals surface area contributed by atoms with Crippen LogP contribution in [0.3, 0.4) is 0 Å². The molecule has 0 aliphatic rings. The highest BCUT2D eigenvalue weighted by Gasteiger charge is 2.20. The molecule has 1 N–H and O–H groups in total. The fraction of sp³-hybridized carbons (Fsp3) is 0.200. The molecule has 30 heavy (non-hydrogen) atoms. The lowest BCUT2D eigenvalue weighted by molar-refractivity contribution is -0.387. The smallest absolute Gasteiger partial charge is 0.406 e. The zero-order chi connectivity index (χ0) is 22.6. The largest absolute Gasteiger partial charge is 0.465 e. The topological polar surface area (TPSA) is 114 Å². The Hall–Kier alpha value is -3.46. The van der Waals surface area contributed by atoms with Crippen molar-refractivity contribution < 1.29 is 23.6 Å². The first kappa shape index (κ1) is 22.8. The third-order valence-corrected chi connectivity index (χ3v) is 4.49. The zero-order valence-corrected chi connectivity index (χ0v) is 17.1. The van der Waals surface area contributed by atoms with Gasteiger partial charge in [-0.1, -0.05) is 23.7 Å². The van der Waals surface area contributed by atoms with Gasteiger partial charge < -0.3 is 14.4 Å². The minimum atomic E-state index is -0.951. The Morgan fingerprint density at radius 2 is 1.93 bits per heavy atom. The van der Waals surface area contributed by atoms with Crippen molar-refractivity contribution in [3.63, 3.8) is 0 Å². The summed E-state index contributed by atoms with van der Waals surface area (Å²) in [4.78, 5) is 33.0. The van der Waals surface area contributed by atoms with Gasteiger partial charge in [-0.3, -0.25) is 10.1 Å². The van der Waals surface area contributed by atoms with Crippen LogP contribution < -0.4 is 5.63 Å². The SMILES string of the molecule is CN(C)C(=O)O.Cc1c(Cc2cccc([N+](=O)[O-])c2F)c(=O)oc2ccc(Cl)cc12. The van der Waals surface area contributed by atoms with Gasteiger partial charge in [-0.25, -0.2) is 9.59 Å². The summed E-state index contributed by atoms with van der Waals surface area (Å²) >= 11 is 5.97. The second-order valence-corrected chi connectivity index (χ2v) is 6.93. The second-order valence-electron chi connectivity index (χ2n) is 6.49. The van der Waals surface area contributed by atoms with E-state index < -0.39 is 28.1 Å². The van der Waals surface area contributed by atoms with Crippen LogP contribution in [0.2, 0.25) is 5.02 Å². The Morgan fingerprint density at radius 3 is 2.50 bits per heavy atom. The third-order valence-electron chi connectivity index (χ3n) is 4.25. The number of rotatable bonds is 3. The summed E-state index contributed by atoms with van der Waals surface area (Å²) in [7, 11) is 2.95. The fourth-order valence-corrected chi connectivity index (χ4v) is 2.77. The van der Waals surface area contributed by atoms with Crippen LogP contribution in [-0.4, -0.2) is 35.1 Å². The lowest BCUT2D eigenvalue weighted by Crippen LogP contribution is -2.18. The summed E-state index contributed by atoms with van der Waals surface area (Å²) in [6.07, 6.45) is -1.01. The number of halogens is 2. The number of benzene rings is 2. The summed E-state index contributed by atoms with van der Waals surface area (Å²) in [6, 6.07) is 8.71. The molecule has 0 fully saturated rings. The van der Waals surface area contributed by atoms with Crippen LogP contribution in [0.5, 0.6) is 0 Å². The molecule has 1 heterocycles. The molecule has 0 saturated heterocycles. The fourth-order valence-electron chi connectivity index (χ4n) is 2.60. The first-order chi connectivity index (χ1) is 14.0. The van der Waals surface area contributed by atoms with Gasteiger partial charge >= 0.3 is 17.4 Å². The molecule has 3 rings (SSSR count). The van der Waals surface area contributed by atoms with Crippen molar-refractivity contribution in [3.05, 3.63) is 84.5 Å². The van der Waals surface area contributed by atoms with Crippen molar-refractivity contribution in [1.29, 1.82) is 0 Å². The number of hydrogen-bond acceptors (Lipinski definition) is 5. The minimum absolute atomic E-state index is 0.0565. The zero-order valence-electron chi connectivity index (χ0n) is 16.3.